The Kier molecular flexibility index (Phi) is 6.31. The molecular weight excluding hydrogens is 434 g/mol. The average molecular weight is 462 g/mol. The fraction of sp³-hybridized carbons (Fsp3) is 0.292. The summed E-state index contributed by atoms with van der Waals surface area (Å²) in [6.07, 6.45) is 6.63. The molecule has 2 N–H and O–H groups in total. The van der Waals surface area contributed by atoms with Crippen LogP contribution in [0.15, 0.2) is 55.1 Å². The number of nitrogen functional groups attached to an aromatic ring is 1. The van der Waals surface area contributed by atoms with Gasteiger partial charge in [0.1, 0.15) is 17.9 Å². The van der Waals surface area contributed by atoms with Crippen LogP contribution in [0.4, 0.5) is 11.6 Å². The molecule has 0 aliphatic rings. The first-order valence-electron chi connectivity index (χ1n) is 10.7. The minimum atomic E-state index is -0.601. The number of nitrogens with zero attached hydrogens (tertiary/aromatic N) is 6. The summed E-state index contributed by atoms with van der Waals surface area (Å²) in [4.78, 5) is 27.4. The van der Waals surface area contributed by atoms with Crippen LogP contribution in [0.25, 0.3) is 16.9 Å². The van der Waals surface area contributed by atoms with E-state index in [0.717, 1.165) is 11.3 Å². The van der Waals surface area contributed by atoms with Gasteiger partial charge in [0.05, 0.1) is 18.5 Å². The Morgan fingerprint density at radius 3 is 2.47 bits per heavy atom. The highest BCUT2D eigenvalue weighted by atomic mass is 16.6. The lowest BCUT2D eigenvalue weighted by Crippen LogP contribution is -2.35. The number of nitrogens with two attached hydrogens (primary N) is 1. The van der Waals surface area contributed by atoms with Gasteiger partial charge < -0.3 is 20.1 Å². The van der Waals surface area contributed by atoms with Crippen LogP contribution >= 0.6 is 0 Å². The Morgan fingerprint density at radius 1 is 1.12 bits per heavy atom. The Hall–Kier alpha value is -4.21. The van der Waals surface area contributed by atoms with E-state index in [-0.39, 0.29) is 18.5 Å². The van der Waals surface area contributed by atoms with Gasteiger partial charge in [-0.2, -0.15) is 5.10 Å². The molecule has 0 fully saturated rings. The molecule has 34 heavy (non-hydrogen) atoms. The Balaban J connectivity index is 1.77. The molecule has 1 aromatic carbocycles. The molecule has 0 aliphatic heterocycles. The van der Waals surface area contributed by atoms with Crippen LogP contribution < -0.4 is 15.4 Å². The van der Waals surface area contributed by atoms with Crippen molar-refractivity contribution in [2.45, 2.75) is 32.9 Å². The molecule has 3 aromatic heterocycles. The van der Waals surface area contributed by atoms with Crippen molar-refractivity contribution in [3.05, 3.63) is 60.7 Å². The second-order valence-electron chi connectivity index (χ2n) is 8.73. The number of imidazole rings is 1. The van der Waals surface area contributed by atoms with E-state index >= 15 is 0 Å². The summed E-state index contributed by atoms with van der Waals surface area (Å²) < 4.78 is 12.5. The lowest BCUT2D eigenvalue weighted by atomic mass is 10.1. The van der Waals surface area contributed by atoms with Crippen molar-refractivity contribution in [3.63, 3.8) is 0 Å². The molecule has 10 nitrogen and oxygen atoms in total. The summed E-state index contributed by atoms with van der Waals surface area (Å²) in [5.41, 5.74) is 8.66. The number of esters is 1. The first-order valence-corrected chi connectivity index (χ1v) is 10.7. The van der Waals surface area contributed by atoms with Gasteiger partial charge >= 0.3 is 5.97 Å². The lowest BCUT2D eigenvalue weighted by Gasteiger charge is -2.27. The number of hydrogen-bond donors (Lipinski definition) is 1. The Labute approximate surface area is 197 Å². The van der Waals surface area contributed by atoms with Gasteiger partial charge in [-0.05, 0) is 44.5 Å². The quantitative estimate of drug-likeness (QED) is 0.414. The average Bonchev–Trinajstić information content (AvgIpc) is 3.26. The molecule has 4 rings (SSSR count). The van der Waals surface area contributed by atoms with Crippen molar-refractivity contribution < 1.29 is 14.3 Å². The predicted molar refractivity (Wildman–Crippen MR) is 128 cm³/mol. The maximum absolute atomic E-state index is 12.8. The number of aromatic nitrogens is 5. The molecule has 0 amide bonds. The van der Waals surface area contributed by atoms with Gasteiger partial charge in [-0.25, -0.2) is 19.5 Å². The summed E-state index contributed by atoms with van der Waals surface area (Å²) in [6.45, 7) is 5.99. The molecule has 0 radical (unpaired) electrons. The van der Waals surface area contributed by atoms with Gasteiger partial charge in [0.2, 0.25) is 5.95 Å². The molecule has 0 saturated heterocycles. The number of rotatable bonds is 7. The number of methoxy groups -OCH3 is 1. The number of ether oxygens (including phenoxy) is 2. The molecule has 0 saturated carbocycles. The van der Waals surface area contributed by atoms with Crippen molar-refractivity contribution in [2.24, 2.45) is 0 Å². The minimum absolute atomic E-state index is 0.0213. The number of carbonyl (C=O) groups excluding carboxylic acids is 1. The molecule has 0 spiro atoms. The van der Waals surface area contributed by atoms with E-state index in [1.54, 1.807) is 36.4 Å². The van der Waals surface area contributed by atoms with Crippen LogP contribution in [0.5, 0.6) is 5.75 Å². The van der Waals surface area contributed by atoms with Gasteiger partial charge in [-0.15, -0.1) is 0 Å². The van der Waals surface area contributed by atoms with E-state index in [0.29, 0.717) is 29.1 Å². The Bertz CT molecular complexity index is 1280. The van der Waals surface area contributed by atoms with Crippen LogP contribution in [0.1, 0.15) is 26.3 Å². The van der Waals surface area contributed by atoms with E-state index in [2.05, 4.69) is 20.1 Å². The van der Waals surface area contributed by atoms with Crippen LogP contribution in [0, 0.1) is 0 Å². The van der Waals surface area contributed by atoms with Crippen molar-refractivity contribution >= 4 is 23.3 Å². The zero-order valence-electron chi connectivity index (χ0n) is 19.6. The topological polar surface area (TPSA) is 121 Å². The number of benzene rings is 1. The second-order valence-corrected chi connectivity index (χ2v) is 8.73. The van der Waals surface area contributed by atoms with E-state index in [1.807, 2.05) is 56.0 Å². The molecule has 0 bridgehead atoms. The smallest absolute Gasteiger partial charge is 0.326 e. The highest BCUT2D eigenvalue weighted by Gasteiger charge is 2.22. The van der Waals surface area contributed by atoms with E-state index in [1.165, 1.54) is 0 Å². The van der Waals surface area contributed by atoms with Gasteiger partial charge in [-0.1, -0.05) is 12.1 Å². The maximum atomic E-state index is 12.8. The van der Waals surface area contributed by atoms with E-state index in [4.69, 9.17) is 15.2 Å². The standard InChI is InChI=1S/C24H27N7O3/c1-24(2,3)34-21(32)15-30(14-16-5-7-18(33-4)8-6-16)20-11-19(17-12-27-23(25)28-13-17)29-31-10-9-26-22(20)31/h5-13H,14-15H2,1-4H3,(H2,25,27,28). The van der Waals surface area contributed by atoms with Crippen molar-refractivity contribution in [1.29, 1.82) is 0 Å². The second kappa shape index (κ2) is 9.34. The summed E-state index contributed by atoms with van der Waals surface area (Å²) in [7, 11) is 1.62. The molecule has 3 heterocycles. The normalized spacial score (nSPS) is 11.4. The number of carbonyl (C=O) groups is 1. The van der Waals surface area contributed by atoms with E-state index < -0.39 is 5.60 Å². The minimum Gasteiger partial charge on any atom is -0.497 e. The molecule has 176 valence electrons. The number of hydrogen-bond acceptors (Lipinski definition) is 9. The van der Waals surface area contributed by atoms with Crippen molar-refractivity contribution in [1.82, 2.24) is 24.6 Å². The fourth-order valence-corrected chi connectivity index (χ4v) is 3.45. The highest BCUT2D eigenvalue weighted by molar-refractivity contribution is 5.81. The molecule has 10 heteroatoms. The number of fused-ring (bicyclic) bond motifs is 1. The third-order valence-corrected chi connectivity index (χ3v) is 4.92. The summed E-state index contributed by atoms with van der Waals surface area (Å²) in [6, 6.07) is 9.55. The fourth-order valence-electron chi connectivity index (χ4n) is 3.45. The number of anilines is 2. The molecular formula is C24H27N7O3. The zero-order chi connectivity index (χ0) is 24.3. The molecule has 4 aromatic rings. The molecule has 0 unspecified atom stereocenters. The highest BCUT2D eigenvalue weighted by Crippen LogP contribution is 2.28. The van der Waals surface area contributed by atoms with Crippen LogP contribution in [0.2, 0.25) is 0 Å². The van der Waals surface area contributed by atoms with E-state index in [9.17, 15) is 4.79 Å². The summed E-state index contributed by atoms with van der Waals surface area (Å²) in [5.74, 6) is 0.589. The molecule has 0 aliphatic carbocycles. The van der Waals surface area contributed by atoms with Crippen LogP contribution in [-0.2, 0) is 16.1 Å². The third kappa shape index (κ3) is 5.40. The van der Waals surface area contributed by atoms with Crippen LogP contribution in [0.3, 0.4) is 0 Å². The maximum Gasteiger partial charge on any atom is 0.326 e. The van der Waals surface area contributed by atoms with Gasteiger partial charge in [-0.3, -0.25) is 4.79 Å². The lowest BCUT2D eigenvalue weighted by molar-refractivity contribution is -0.153. The SMILES string of the molecule is COc1ccc(CN(CC(=O)OC(C)(C)C)c2cc(-c3cnc(N)nc3)nn3ccnc23)cc1. The molecule has 0 atom stereocenters. The third-order valence-electron chi connectivity index (χ3n) is 4.92. The van der Waals surface area contributed by atoms with Crippen LogP contribution in [-0.4, -0.2) is 49.8 Å². The van der Waals surface area contributed by atoms with Gasteiger partial charge in [0.25, 0.3) is 0 Å². The van der Waals surface area contributed by atoms with Gasteiger partial charge in [0.15, 0.2) is 5.65 Å². The van der Waals surface area contributed by atoms with Gasteiger partial charge in [0, 0.05) is 36.9 Å². The summed E-state index contributed by atoms with van der Waals surface area (Å²) in [5, 5.41) is 4.62. The van der Waals surface area contributed by atoms with Crippen molar-refractivity contribution in [2.75, 3.05) is 24.3 Å². The largest absolute Gasteiger partial charge is 0.497 e. The monoisotopic (exact) mass is 461 g/mol. The predicted octanol–water partition coefficient (Wildman–Crippen LogP) is 3.13. The summed E-state index contributed by atoms with van der Waals surface area (Å²) >= 11 is 0. The first-order chi connectivity index (χ1) is 16.2. The zero-order valence-corrected chi connectivity index (χ0v) is 19.6. The first kappa shape index (κ1) is 23.0. The Morgan fingerprint density at radius 2 is 1.82 bits per heavy atom. The van der Waals surface area contributed by atoms with Crippen molar-refractivity contribution in [3.8, 4) is 17.0 Å².